The summed E-state index contributed by atoms with van der Waals surface area (Å²) in [6, 6.07) is 6.57. The smallest absolute Gasteiger partial charge is 0.199 e. The Morgan fingerprint density at radius 3 is 2.36 bits per heavy atom. The van der Waals surface area contributed by atoms with Crippen molar-refractivity contribution < 1.29 is 13.5 Å². The van der Waals surface area contributed by atoms with Crippen LogP contribution in [0.15, 0.2) is 40.6 Å². The van der Waals surface area contributed by atoms with E-state index >= 15 is 0 Å². The van der Waals surface area contributed by atoms with Crippen LogP contribution in [0.1, 0.15) is 5.56 Å². The average Bonchev–Trinajstić information content (AvgIpc) is 2.16. The van der Waals surface area contributed by atoms with Gasteiger partial charge in [0.05, 0.1) is 11.5 Å². The van der Waals surface area contributed by atoms with Crippen molar-refractivity contribution in [2.75, 3.05) is 6.61 Å². The molecule has 0 aromatic heterocycles. The van der Waals surface area contributed by atoms with Crippen LogP contribution in [0.5, 0.6) is 0 Å². The molecule has 0 unspecified atom stereocenters. The van der Waals surface area contributed by atoms with Gasteiger partial charge in [0.25, 0.3) is 0 Å². The van der Waals surface area contributed by atoms with E-state index in [1.165, 1.54) is 6.08 Å². The molecule has 14 heavy (non-hydrogen) atoms. The van der Waals surface area contributed by atoms with Crippen molar-refractivity contribution in [3.05, 3.63) is 41.3 Å². The Hall–Kier alpha value is -1.13. The monoisotopic (exact) mass is 212 g/mol. The molecule has 76 valence electrons. The zero-order chi connectivity index (χ0) is 10.6. The van der Waals surface area contributed by atoms with Crippen molar-refractivity contribution in [2.24, 2.45) is 0 Å². The lowest BCUT2D eigenvalue weighted by Gasteiger charge is -1.98. The normalized spacial score (nSPS) is 12.1. The van der Waals surface area contributed by atoms with Crippen LogP contribution in [0.4, 0.5) is 0 Å². The number of aliphatic hydroxyl groups excluding tert-OH is 1. The van der Waals surface area contributed by atoms with Gasteiger partial charge in [-0.2, -0.15) is 0 Å². The van der Waals surface area contributed by atoms with Crippen LogP contribution in [0.2, 0.25) is 0 Å². The summed E-state index contributed by atoms with van der Waals surface area (Å²) in [4.78, 5) is 0.243. The molecular weight excluding hydrogens is 200 g/mol. The van der Waals surface area contributed by atoms with E-state index in [1.807, 2.05) is 6.92 Å². The molecule has 0 atom stereocenters. The van der Waals surface area contributed by atoms with Gasteiger partial charge in [-0.05, 0) is 25.1 Å². The molecule has 0 saturated carbocycles. The Kier molecular flexibility index (Phi) is 3.43. The van der Waals surface area contributed by atoms with E-state index in [1.54, 1.807) is 24.3 Å². The minimum atomic E-state index is -3.38. The molecule has 4 heteroatoms. The van der Waals surface area contributed by atoms with Crippen LogP contribution in [0.25, 0.3) is 0 Å². The molecule has 0 aliphatic rings. The summed E-state index contributed by atoms with van der Waals surface area (Å²) >= 11 is 0. The van der Waals surface area contributed by atoms with Crippen molar-refractivity contribution in [1.82, 2.24) is 0 Å². The van der Waals surface area contributed by atoms with Gasteiger partial charge in [0.1, 0.15) is 0 Å². The summed E-state index contributed by atoms with van der Waals surface area (Å²) in [5, 5.41) is 9.48. The second-order valence-electron chi connectivity index (χ2n) is 2.91. The third-order valence-electron chi connectivity index (χ3n) is 1.73. The quantitative estimate of drug-likeness (QED) is 0.821. The molecule has 0 bridgehead atoms. The van der Waals surface area contributed by atoms with Crippen LogP contribution < -0.4 is 0 Å². The summed E-state index contributed by atoms with van der Waals surface area (Å²) in [6.07, 6.45) is 1.20. The van der Waals surface area contributed by atoms with Crippen LogP contribution in [-0.2, 0) is 9.84 Å². The maximum atomic E-state index is 11.5. The topological polar surface area (TPSA) is 54.4 Å². The first-order valence-corrected chi connectivity index (χ1v) is 5.70. The number of aryl methyl sites for hydroxylation is 1. The predicted molar refractivity (Wildman–Crippen MR) is 54.6 cm³/mol. The van der Waals surface area contributed by atoms with Gasteiger partial charge < -0.3 is 5.11 Å². The van der Waals surface area contributed by atoms with E-state index in [4.69, 9.17) is 5.11 Å². The molecule has 1 N–H and O–H groups in total. The minimum Gasteiger partial charge on any atom is -0.392 e. The minimum absolute atomic E-state index is 0.243. The standard InChI is InChI=1S/C10H12O3S/c1-9-3-5-10(6-4-9)14(12,13)8-2-7-11/h2-6,8,11H,7H2,1H3. The van der Waals surface area contributed by atoms with E-state index in [2.05, 4.69) is 0 Å². The average molecular weight is 212 g/mol. The molecule has 3 nitrogen and oxygen atoms in total. The number of benzene rings is 1. The molecular formula is C10H12O3S. The SMILES string of the molecule is Cc1ccc(S(=O)(=O)C=CCO)cc1. The van der Waals surface area contributed by atoms with Gasteiger partial charge in [-0.3, -0.25) is 0 Å². The zero-order valence-corrected chi connectivity index (χ0v) is 8.66. The maximum absolute atomic E-state index is 11.5. The van der Waals surface area contributed by atoms with Crippen LogP contribution >= 0.6 is 0 Å². The van der Waals surface area contributed by atoms with Crippen molar-refractivity contribution in [1.29, 1.82) is 0 Å². The number of rotatable bonds is 3. The number of sulfone groups is 1. The summed E-state index contributed by atoms with van der Waals surface area (Å²) in [7, 11) is -3.38. The summed E-state index contributed by atoms with van der Waals surface area (Å²) in [6.45, 7) is 1.62. The first kappa shape index (κ1) is 10.9. The van der Waals surface area contributed by atoms with Crippen molar-refractivity contribution >= 4 is 9.84 Å². The number of hydrogen-bond acceptors (Lipinski definition) is 3. The van der Waals surface area contributed by atoms with Crippen molar-refractivity contribution in [3.63, 3.8) is 0 Å². The Labute approximate surface area is 83.6 Å². The number of aliphatic hydroxyl groups is 1. The molecule has 0 amide bonds. The fourth-order valence-electron chi connectivity index (χ4n) is 0.976. The Balaban J connectivity index is 3.05. The van der Waals surface area contributed by atoms with E-state index in [-0.39, 0.29) is 11.5 Å². The molecule has 1 aromatic carbocycles. The van der Waals surface area contributed by atoms with Gasteiger partial charge in [-0.15, -0.1) is 0 Å². The lowest BCUT2D eigenvalue weighted by Crippen LogP contribution is -1.96. The van der Waals surface area contributed by atoms with Gasteiger partial charge >= 0.3 is 0 Å². The summed E-state index contributed by atoms with van der Waals surface area (Å²) in [5.74, 6) is 0. The van der Waals surface area contributed by atoms with E-state index < -0.39 is 9.84 Å². The second-order valence-corrected chi connectivity index (χ2v) is 4.75. The fraction of sp³-hybridized carbons (Fsp3) is 0.200. The Morgan fingerprint density at radius 1 is 1.29 bits per heavy atom. The van der Waals surface area contributed by atoms with Crippen molar-refractivity contribution in [3.8, 4) is 0 Å². The molecule has 0 aliphatic heterocycles. The highest BCUT2D eigenvalue weighted by Crippen LogP contribution is 2.12. The fourth-order valence-corrected chi connectivity index (χ4v) is 1.99. The van der Waals surface area contributed by atoms with E-state index in [0.717, 1.165) is 11.0 Å². The van der Waals surface area contributed by atoms with E-state index in [9.17, 15) is 8.42 Å². The molecule has 0 spiro atoms. The van der Waals surface area contributed by atoms with E-state index in [0.29, 0.717) is 0 Å². The molecule has 1 rings (SSSR count). The summed E-state index contributed by atoms with van der Waals surface area (Å²) < 4.78 is 23.0. The molecule has 0 heterocycles. The largest absolute Gasteiger partial charge is 0.392 e. The lowest BCUT2D eigenvalue weighted by molar-refractivity contribution is 0.343. The molecule has 0 fully saturated rings. The highest BCUT2D eigenvalue weighted by atomic mass is 32.2. The molecule has 0 radical (unpaired) electrons. The Bertz CT molecular complexity index is 415. The predicted octanol–water partition coefficient (Wildman–Crippen LogP) is 1.27. The van der Waals surface area contributed by atoms with Crippen LogP contribution in [-0.4, -0.2) is 20.1 Å². The van der Waals surface area contributed by atoms with Crippen LogP contribution in [0, 0.1) is 6.92 Å². The maximum Gasteiger partial charge on any atom is 0.199 e. The third kappa shape index (κ3) is 2.68. The molecule has 1 aromatic rings. The highest BCUT2D eigenvalue weighted by Gasteiger charge is 2.08. The van der Waals surface area contributed by atoms with Gasteiger partial charge in [0.15, 0.2) is 9.84 Å². The van der Waals surface area contributed by atoms with Gasteiger partial charge in [0, 0.05) is 5.41 Å². The molecule has 0 saturated heterocycles. The van der Waals surface area contributed by atoms with Gasteiger partial charge in [-0.1, -0.05) is 17.7 Å². The summed E-state index contributed by atoms with van der Waals surface area (Å²) in [5.41, 5.74) is 1.01. The third-order valence-corrected chi connectivity index (χ3v) is 3.21. The number of hydrogen-bond donors (Lipinski definition) is 1. The van der Waals surface area contributed by atoms with Gasteiger partial charge in [-0.25, -0.2) is 8.42 Å². The van der Waals surface area contributed by atoms with Crippen molar-refractivity contribution in [2.45, 2.75) is 11.8 Å². The van der Waals surface area contributed by atoms with Gasteiger partial charge in [0.2, 0.25) is 0 Å². The Morgan fingerprint density at radius 2 is 1.86 bits per heavy atom. The second kappa shape index (κ2) is 4.39. The highest BCUT2D eigenvalue weighted by molar-refractivity contribution is 7.94. The molecule has 0 aliphatic carbocycles. The van der Waals surface area contributed by atoms with Crippen LogP contribution in [0.3, 0.4) is 0 Å². The lowest BCUT2D eigenvalue weighted by atomic mass is 10.2. The zero-order valence-electron chi connectivity index (χ0n) is 7.84. The first-order chi connectivity index (χ1) is 6.56. The first-order valence-electron chi connectivity index (χ1n) is 4.15.